The molecule has 5 heteroatoms. The minimum absolute atomic E-state index is 0.170. The molecule has 0 radical (unpaired) electrons. The highest BCUT2D eigenvalue weighted by Crippen LogP contribution is 2.29. The summed E-state index contributed by atoms with van der Waals surface area (Å²) in [4.78, 5) is 12.1. The van der Waals surface area contributed by atoms with Gasteiger partial charge in [-0.05, 0) is 36.7 Å². The van der Waals surface area contributed by atoms with E-state index in [2.05, 4.69) is 5.32 Å². The van der Waals surface area contributed by atoms with Crippen LogP contribution in [0.1, 0.15) is 33.5 Å². The number of aliphatic hydroxyl groups excluding tert-OH is 1. The standard InChI is InChI=1S/C17H17NO3S/c1-10-7-13(11(2)21-10)17(20)18-8-15(19)14-9-22-16-6-4-3-5-12(14)16/h3-7,9,15,19H,8H2,1-2H3,(H,18,20)/t15-/m0/s1. The van der Waals surface area contributed by atoms with Crippen LogP contribution in [0.2, 0.25) is 0 Å². The molecule has 2 N–H and O–H groups in total. The van der Waals surface area contributed by atoms with Gasteiger partial charge in [-0.2, -0.15) is 0 Å². The lowest BCUT2D eigenvalue weighted by Crippen LogP contribution is -2.28. The highest BCUT2D eigenvalue weighted by Gasteiger charge is 2.17. The van der Waals surface area contributed by atoms with E-state index in [9.17, 15) is 9.90 Å². The molecule has 0 aliphatic rings. The Balaban J connectivity index is 1.71. The van der Waals surface area contributed by atoms with Crippen LogP contribution < -0.4 is 5.32 Å². The monoisotopic (exact) mass is 315 g/mol. The molecule has 22 heavy (non-hydrogen) atoms. The number of hydrogen-bond acceptors (Lipinski definition) is 4. The molecule has 0 unspecified atom stereocenters. The average molecular weight is 315 g/mol. The fourth-order valence-corrected chi connectivity index (χ4v) is 3.52. The van der Waals surface area contributed by atoms with Crippen LogP contribution in [0, 0.1) is 13.8 Å². The van der Waals surface area contributed by atoms with Gasteiger partial charge in [-0.3, -0.25) is 4.79 Å². The van der Waals surface area contributed by atoms with E-state index < -0.39 is 6.10 Å². The van der Waals surface area contributed by atoms with E-state index in [0.717, 1.165) is 15.6 Å². The number of thiophene rings is 1. The second kappa shape index (κ2) is 5.94. The molecule has 0 saturated carbocycles. The summed E-state index contributed by atoms with van der Waals surface area (Å²) in [5.41, 5.74) is 1.36. The summed E-state index contributed by atoms with van der Waals surface area (Å²) >= 11 is 1.59. The van der Waals surface area contributed by atoms with Gasteiger partial charge < -0.3 is 14.8 Å². The molecule has 0 fully saturated rings. The Morgan fingerprint density at radius 1 is 1.36 bits per heavy atom. The Morgan fingerprint density at radius 3 is 2.86 bits per heavy atom. The second-order valence-electron chi connectivity index (χ2n) is 5.24. The molecule has 0 bridgehead atoms. The average Bonchev–Trinajstić information content (AvgIpc) is 3.07. The predicted octanol–water partition coefficient (Wildman–Crippen LogP) is 3.57. The first kappa shape index (κ1) is 14.8. The second-order valence-corrected chi connectivity index (χ2v) is 6.15. The quantitative estimate of drug-likeness (QED) is 0.773. The minimum atomic E-state index is -0.728. The molecule has 1 amide bonds. The molecule has 2 heterocycles. The van der Waals surface area contributed by atoms with Gasteiger partial charge in [-0.15, -0.1) is 11.3 Å². The molecule has 2 aromatic heterocycles. The van der Waals surface area contributed by atoms with Gasteiger partial charge >= 0.3 is 0 Å². The fraction of sp³-hybridized carbons (Fsp3) is 0.235. The lowest BCUT2D eigenvalue weighted by Gasteiger charge is -2.11. The topological polar surface area (TPSA) is 62.5 Å². The first-order valence-corrected chi connectivity index (χ1v) is 7.93. The Bertz CT molecular complexity index is 818. The molecular weight excluding hydrogens is 298 g/mol. The maximum Gasteiger partial charge on any atom is 0.254 e. The molecule has 1 aromatic carbocycles. The van der Waals surface area contributed by atoms with Crippen LogP contribution in [0.3, 0.4) is 0 Å². The normalized spacial score (nSPS) is 12.5. The summed E-state index contributed by atoms with van der Waals surface area (Å²) in [5, 5.41) is 16.1. The highest BCUT2D eigenvalue weighted by atomic mass is 32.1. The molecule has 0 spiro atoms. The van der Waals surface area contributed by atoms with E-state index >= 15 is 0 Å². The van der Waals surface area contributed by atoms with Crippen molar-refractivity contribution in [1.29, 1.82) is 0 Å². The van der Waals surface area contributed by atoms with Crippen molar-refractivity contribution < 1.29 is 14.3 Å². The summed E-state index contributed by atoms with van der Waals surface area (Å²) in [6.45, 7) is 3.73. The summed E-state index contributed by atoms with van der Waals surface area (Å²) < 4.78 is 6.48. The van der Waals surface area contributed by atoms with Gasteiger partial charge in [0.15, 0.2) is 0 Å². The van der Waals surface area contributed by atoms with E-state index in [1.54, 1.807) is 31.3 Å². The van der Waals surface area contributed by atoms with Gasteiger partial charge in [-0.1, -0.05) is 18.2 Å². The Hall–Kier alpha value is -2.11. The lowest BCUT2D eigenvalue weighted by molar-refractivity contribution is 0.0915. The molecule has 0 aliphatic carbocycles. The van der Waals surface area contributed by atoms with Crippen LogP contribution in [0.4, 0.5) is 0 Å². The van der Waals surface area contributed by atoms with Crippen LogP contribution in [0.5, 0.6) is 0 Å². The molecule has 1 atom stereocenters. The highest BCUT2D eigenvalue weighted by molar-refractivity contribution is 7.17. The number of hydrogen-bond donors (Lipinski definition) is 2. The third-order valence-electron chi connectivity index (χ3n) is 3.61. The molecular formula is C17H17NO3S. The molecule has 3 aromatic rings. The Labute approximate surface area is 132 Å². The summed E-state index contributed by atoms with van der Waals surface area (Å²) in [7, 11) is 0. The van der Waals surface area contributed by atoms with Crippen molar-refractivity contribution in [3.63, 3.8) is 0 Å². The SMILES string of the molecule is Cc1cc(C(=O)NC[C@H](O)c2csc3ccccc23)c(C)o1. The Morgan fingerprint density at radius 2 is 2.14 bits per heavy atom. The third-order valence-corrected chi connectivity index (χ3v) is 4.59. The zero-order valence-electron chi connectivity index (χ0n) is 12.4. The molecule has 114 valence electrons. The first-order valence-electron chi connectivity index (χ1n) is 7.05. The number of carbonyl (C=O) groups is 1. The smallest absolute Gasteiger partial charge is 0.254 e. The summed E-state index contributed by atoms with van der Waals surface area (Å²) in [6.07, 6.45) is -0.728. The van der Waals surface area contributed by atoms with Crippen molar-refractivity contribution in [2.45, 2.75) is 20.0 Å². The lowest BCUT2D eigenvalue weighted by atomic mass is 10.1. The van der Waals surface area contributed by atoms with E-state index in [1.807, 2.05) is 29.6 Å². The van der Waals surface area contributed by atoms with E-state index in [1.165, 1.54) is 0 Å². The number of aryl methyl sites for hydroxylation is 2. The molecule has 3 rings (SSSR count). The molecule has 0 aliphatic heterocycles. The van der Waals surface area contributed by atoms with Crippen LogP contribution in [-0.4, -0.2) is 17.6 Å². The van der Waals surface area contributed by atoms with E-state index in [4.69, 9.17) is 4.42 Å². The number of carbonyl (C=O) groups excluding carboxylic acids is 1. The maximum atomic E-state index is 12.1. The minimum Gasteiger partial charge on any atom is -0.466 e. The van der Waals surface area contributed by atoms with Gasteiger partial charge in [0.05, 0.1) is 11.7 Å². The fourth-order valence-electron chi connectivity index (χ4n) is 2.51. The number of rotatable bonds is 4. The predicted molar refractivity (Wildman–Crippen MR) is 87.3 cm³/mol. The van der Waals surface area contributed by atoms with Crippen molar-refractivity contribution in [3.05, 3.63) is 58.4 Å². The van der Waals surface area contributed by atoms with Crippen LogP contribution in [0.15, 0.2) is 40.1 Å². The number of amides is 1. The maximum absolute atomic E-state index is 12.1. The van der Waals surface area contributed by atoms with E-state index in [0.29, 0.717) is 17.1 Å². The van der Waals surface area contributed by atoms with Crippen LogP contribution in [0.25, 0.3) is 10.1 Å². The summed E-state index contributed by atoms with van der Waals surface area (Å²) in [5.74, 6) is 1.06. The number of fused-ring (bicyclic) bond motifs is 1. The zero-order valence-corrected chi connectivity index (χ0v) is 13.2. The van der Waals surface area contributed by atoms with Crippen molar-refractivity contribution in [2.75, 3.05) is 6.54 Å². The van der Waals surface area contributed by atoms with Crippen molar-refractivity contribution in [2.24, 2.45) is 0 Å². The first-order chi connectivity index (χ1) is 10.6. The van der Waals surface area contributed by atoms with Gasteiger partial charge in [0, 0.05) is 16.8 Å². The Kier molecular flexibility index (Phi) is 4.00. The van der Waals surface area contributed by atoms with Gasteiger partial charge in [0.25, 0.3) is 5.91 Å². The van der Waals surface area contributed by atoms with Crippen LogP contribution in [-0.2, 0) is 0 Å². The van der Waals surface area contributed by atoms with Gasteiger partial charge in [-0.25, -0.2) is 0 Å². The van der Waals surface area contributed by atoms with Crippen LogP contribution >= 0.6 is 11.3 Å². The zero-order chi connectivity index (χ0) is 15.7. The van der Waals surface area contributed by atoms with E-state index in [-0.39, 0.29) is 12.5 Å². The summed E-state index contributed by atoms with van der Waals surface area (Å²) in [6, 6.07) is 9.63. The molecule has 0 saturated heterocycles. The number of benzene rings is 1. The van der Waals surface area contributed by atoms with Gasteiger partial charge in [0.2, 0.25) is 0 Å². The van der Waals surface area contributed by atoms with Crippen molar-refractivity contribution in [3.8, 4) is 0 Å². The molecule has 4 nitrogen and oxygen atoms in total. The van der Waals surface area contributed by atoms with Crippen molar-refractivity contribution >= 4 is 27.3 Å². The number of furan rings is 1. The number of nitrogens with one attached hydrogen (secondary N) is 1. The largest absolute Gasteiger partial charge is 0.466 e. The third kappa shape index (κ3) is 2.77. The van der Waals surface area contributed by atoms with Crippen molar-refractivity contribution in [1.82, 2.24) is 5.32 Å². The van der Waals surface area contributed by atoms with Gasteiger partial charge in [0.1, 0.15) is 11.5 Å². The number of aliphatic hydroxyl groups is 1.